The van der Waals surface area contributed by atoms with Gasteiger partial charge in [0.15, 0.2) is 11.5 Å². The SMILES string of the molecule is COc1cc2nc(C)nc(N[C@H](C)c3cc(N)cc(C(F)(F)F)c3F)c2cc1OCCCOC1CC1. The molecule has 0 saturated heterocycles. The number of methoxy groups -OCH3 is 1. The van der Waals surface area contributed by atoms with Crippen molar-refractivity contribution in [1.29, 1.82) is 0 Å². The summed E-state index contributed by atoms with van der Waals surface area (Å²) in [6.45, 7) is 4.20. The number of fused-ring (bicyclic) bond motifs is 1. The Balaban J connectivity index is 1.62. The molecule has 1 aliphatic carbocycles. The molecule has 7 nitrogen and oxygen atoms in total. The Kier molecular flexibility index (Phi) is 7.39. The summed E-state index contributed by atoms with van der Waals surface area (Å²) < 4.78 is 71.7. The summed E-state index contributed by atoms with van der Waals surface area (Å²) >= 11 is 0. The molecule has 0 amide bonds. The van der Waals surface area contributed by atoms with Crippen molar-refractivity contribution in [2.45, 2.75) is 51.4 Å². The van der Waals surface area contributed by atoms with E-state index < -0.39 is 23.6 Å². The smallest absolute Gasteiger partial charge is 0.419 e. The molecule has 3 aromatic rings. The van der Waals surface area contributed by atoms with Gasteiger partial charge < -0.3 is 25.3 Å². The summed E-state index contributed by atoms with van der Waals surface area (Å²) in [6, 6.07) is 4.26. The summed E-state index contributed by atoms with van der Waals surface area (Å²) in [4.78, 5) is 8.84. The number of alkyl halides is 3. The average molecular weight is 509 g/mol. The molecule has 3 N–H and O–H groups in total. The van der Waals surface area contributed by atoms with Gasteiger partial charge >= 0.3 is 6.18 Å². The van der Waals surface area contributed by atoms with Crippen molar-refractivity contribution in [3.8, 4) is 11.5 Å². The van der Waals surface area contributed by atoms with E-state index in [9.17, 15) is 17.6 Å². The van der Waals surface area contributed by atoms with E-state index in [0.29, 0.717) is 65.8 Å². The minimum absolute atomic E-state index is 0.192. The third-order valence-corrected chi connectivity index (χ3v) is 5.77. The van der Waals surface area contributed by atoms with E-state index in [-0.39, 0.29) is 11.3 Å². The predicted octanol–water partition coefficient (Wildman–Crippen LogP) is 5.81. The number of hydrogen-bond acceptors (Lipinski definition) is 7. The summed E-state index contributed by atoms with van der Waals surface area (Å²) in [7, 11) is 1.51. The minimum atomic E-state index is -4.88. The quantitative estimate of drug-likeness (QED) is 0.203. The largest absolute Gasteiger partial charge is 0.493 e. The highest BCUT2D eigenvalue weighted by Gasteiger charge is 2.36. The Morgan fingerprint density at radius 1 is 1.11 bits per heavy atom. The fraction of sp³-hybridized carbons (Fsp3) is 0.440. The first-order valence-electron chi connectivity index (χ1n) is 11.6. The highest BCUT2D eigenvalue weighted by Crippen LogP contribution is 2.38. The molecule has 11 heteroatoms. The lowest BCUT2D eigenvalue weighted by Gasteiger charge is -2.20. The number of nitrogens with zero attached hydrogens (tertiary/aromatic N) is 2. The van der Waals surface area contributed by atoms with Crippen molar-refractivity contribution < 1.29 is 31.8 Å². The minimum Gasteiger partial charge on any atom is -0.493 e. The standard InChI is InChI=1S/C25H28F4N4O3/c1-13(17-9-15(30)10-19(23(17)26)25(27,28)29)31-24-18-11-22(36-8-4-7-35-16-5-6-16)21(34-3)12-20(18)32-14(2)33-24/h9-13,16H,4-8,30H2,1-3H3,(H,31,32,33)/t13-/m1/s1. The number of anilines is 2. The van der Waals surface area contributed by atoms with Crippen molar-refractivity contribution in [3.63, 3.8) is 0 Å². The molecule has 36 heavy (non-hydrogen) atoms. The fourth-order valence-corrected chi connectivity index (χ4v) is 3.84. The average Bonchev–Trinajstić information content (AvgIpc) is 3.63. The van der Waals surface area contributed by atoms with E-state index in [4.69, 9.17) is 19.9 Å². The van der Waals surface area contributed by atoms with Gasteiger partial charge in [0.2, 0.25) is 0 Å². The number of hydrogen-bond donors (Lipinski definition) is 2. The molecule has 1 atom stereocenters. The molecule has 1 saturated carbocycles. The molecular formula is C25H28F4N4O3. The van der Waals surface area contributed by atoms with Crippen LogP contribution in [0.3, 0.4) is 0 Å². The number of rotatable bonds is 10. The third kappa shape index (κ3) is 5.89. The van der Waals surface area contributed by atoms with Gasteiger partial charge in [-0.2, -0.15) is 13.2 Å². The maximum atomic E-state index is 14.8. The van der Waals surface area contributed by atoms with Crippen molar-refractivity contribution in [3.05, 3.63) is 47.0 Å². The Morgan fingerprint density at radius 2 is 1.86 bits per heavy atom. The lowest BCUT2D eigenvalue weighted by molar-refractivity contribution is -0.140. The zero-order valence-electron chi connectivity index (χ0n) is 20.2. The van der Waals surface area contributed by atoms with Crippen molar-refractivity contribution in [2.24, 2.45) is 0 Å². The number of ether oxygens (including phenoxy) is 3. The van der Waals surface area contributed by atoms with E-state index in [1.165, 1.54) is 20.1 Å². The molecule has 194 valence electrons. The maximum Gasteiger partial charge on any atom is 0.419 e. The summed E-state index contributed by atoms with van der Waals surface area (Å²) in [5, 5.41) is 3.56. The van der Waals surface area contributed by atoms with Crippen LogP contribution in [0.15, 0.2) is 24.3 Å². The van der Waals surface area contributed by atoms with E-state index in [1.807, 2.05) is 0 Å². The maximum absolute atomic E-state index is 14.8. The zero-order chi connectivity index (χ0) is 26.0. The van der Waals surface area contributed by atoms with Gasteiger partial charge in [-0.15, -0.1) is 0 Å². The molecule has 2 aromatic carbocycles. The highest BCUT2D eigenvalue weighted by atomic mass is 19.4. The van der Waals surface area contributed by atoms with Gasteiger partial charge in [0, 0.05) is 29.1 Å². The number of nitrogens with two attached hydrogens (primary N) is 1. The Hall–Kier alpha value is -3.34. The Bertz CT molecular complexity index is 1250. The van der Waals surface area contributed by atoms with Crippen molar-refractivity contribution in [1.82, 2.24) is 9.97 Å². The molecule has 4 rings (SSSR count). The zero-order valence-corrected chi connectivity index (χ0v) is 20.2. The predicted molar refractivity (Wildman–Crippen MR) is 128 cm³/mol. The van der Waals surface area contributed by atoms with Crippen LogP contribution in [0.2, 0.25) is 0 Å². The van der Waals surface area contributed by atoms with E-state index >= 15 is 0 Å². The lowest BCUT2D eigenvalue weighted by atomic mass is 10.0. The molecule has 1 heterocycles. The van der Waals surface area contributed by atoms with Crippen LogP contribution in [0.1, 0.15) is 49.2 Å². The summed E-state index contributed by atoms with van der Waals surface area (Å²) in [5.74, 6) is 0.262. The van der Waals surface area contributed by atoms with Gasteiger partial charge in [-0.05, 0) is 44.9 Å². The van der Waals surface area contributed by atoms with E-state index in [2.05, 4.69) is 15.3 Å². The first-order chi connectivity index (χ1) is 17.1. The molecule has 0 bridgehead atoms. The first-order valence-corrected chi connectivity index (χ1v) is 11.6. The molecule has 0 spiro atoms. The van der Waals surface area contributed by atoms with Crippen LogP contribution in [0.4, 0.5) is 29.1 Å². The Labute approximate surface area is 206 Å². The van der Waals surface area contributed by atoms with Crippen LogP contribution in [-0.4, -0.2) is 36.4 Å². The van der Waals surface area contributed by atoms with Crippen LogP contribution in [-0.2, 0) is 10.9 Å². The molecule has 1 aromatic heterocycles. The van der Waals surface area contributed by atoms with Crippen LogP contribution in [0.25, 0.3) is 10.9 Å². The number of halogens is 4. The van der Waals surface area contributed by atoms with Gasteiger partial charge in [-0.1, -0.05) is 0 Å². The van der Waals surface area contributed by atoms with Gasteiger partial charge in [0.1, 0.15) is 17.5 Å². The molecule has 0 radical (unpaired) electrons. The second kappa shape index (κ2) is 10.3. The number of nitrogens with one attached hydrogen (secondary N) is 1. The normalized spacial score (nSPS) is 14.6. The third-order valence-electron chi connectivity index (χ3n) is 5.77. The van der Waals surface area contributed by atoms with Gasteiger partial charge in [-0.3, -0.25) is 0 Å². The number of aryl methyl sites for hydroxylation is 1. The van der Waals surface area contributed by atoms with Crippen LogP contribution < -0.4 is 20.5 Å². The van der Waals surface area contributed by atoms with E-state index in [0.717, 1.165) is 12.8 Å². The second-order valence-electron chi connectivity index (χ2n) is 8.75. The number of nitrogen functional groups attached to an aromatic ring is 1. The van der Waals surface area contributed by atoms with Crippen molar-refractivity contribution >= 4 is 22.4 Å². The number of benzene rings is 2. The van der Waals surface area contributed by atoms with Crippen LogP contribution in [0.5, 0.6) is 11.5 Å². The van der Waals surface area contributed by atoms with Crippen LogP contribution in [0, 0.1) is 12.7 Å². The molecule has 1 fully saturated rings. The molecule has 0 unspecified atom stereocenters. The first kappa shape index (κ1) is 25.7. The Morgan fingerprint density at radius 3 is 2.53 bits per heavy atom. The molecule has 0 aliphatic heterocycles. The van der Waals surface area contributed by atoms with E-state index in [1.54, 1.807) is 19.1 Å². The van der Waals surface area contributed by atoms with Gasteiger partial charge in [-0.25, -0.2) is 14.4 Å². The van der Waals surface area contributed by atoms with Gasteiger partial charge in [0.25, 0.3) is 0 Å². The highest BCUT2D eigenvalue weighted by molar-refractivity contribution is 5.92. The molecule has 1 aliphatic rings. The van der Waals surface area contributed by atoms with Gasteiger partial charge in [0.05, 0.1) is 43.5 Å². The fourth-order valence-electron chi connectivity index (χ4n) is 3.84. The van der Waals surface area contributed by atoms with Crippen molar-refractivity contribution in [2.75, 3.05) is 31.4 Å². The topological polar surface area (TPSA) is 91.5 Å². The second-order valence-corrected chi connectivity index (χ2v) is 8.75. The van der Waals surface area contributed by atoms with Crippen LogP contribution >= 0.6 is 0 Å². The summed E-state index contributed by atoms with van der Waals surface area (Å²) in [6.07, 6.45) is -1.61. The summed E-state index contributed by atoms with van der Waals surface area (Å²) in [5.41, 5.74) is 4.34. The number of aromatic nitrogens is 2. The molecular weight excluding hydrogens is 480 g/mol. The lowest BCUT2D eigenvalue weighted by Crippen LogP contribution is -2.16. The monoisotopic (exact) mass is 508 g/mol.